The molecule has 0 radical (unpaired) electrons. The number of nitrogens with one attached hydrogen (secondary N) is 1. The molecule has 0 unspecified atom stereocenters. The van der Waals surface area contributed by atoms with Crippen LogP contribution >= 0.6 is 0 Å². The van der Waals surface area contributed by atoms with E-state index in [1.807, 2.05) is 10.8 Å². The second kappa shape index (κ2) is 7.65. The van der Waals surface area contributed by atoms with Crippen molar-refractivity contribution in [2.45, 2.75) is 26.4 Å². The Labute approximate surface area is 118 Å². The van der Waals surface area contributed by atoms with Crippen LogP contribution in [-0.2, 0) is 13.1 Å². The van der Waals surface area contributed by atoms with Crippen molar-refractivity contribution < 1.29 is 9.13 Å². The van der Waals surface area contributed by atoms with Crippen molar-refractivity contribution in [3.63, 3.8) is 0 Å². The van der Waals surface area contributed by atoms with Crippen LogP contribution in [0.5, 0.6) is 5.75 Å². The number of hydrogen-bond donors (Lipinski definition) is 1. The molecule has 0 saturated carbocycles. The highest BCUT2D eigenvalue weighted by Gasteiger charge is 2.05. The topological polar surface area (TPSA) is 39.1 Å². The molecular formula is C15H20FN3O. The third-order valence-electron chi connectivity index (χ3n) is 2.93. The lowest BCUT2D eigenvalue weighted by Crippen LogP contribution is -2.15. The summed E-state index contributed by atoms with van der Waals surface area (Å²) in [4.78, 5) is 3.97. The highest BCUT2D eigenvalue weighted by Crippen LogP contribution is 2.19. The van der Waals surface area contributed by atoms with Crippen LogP contribution in [0, 0.1) is 5.82 Å². The molecule has 108 valence electrons. The molecule has 4 nitrogen and oxygen atoms in total. The van der Waals surface area contributed by atoms with E-state index in [0.29, 0.717) is 13.2 Å². The fourth-order valence-corrected chi connectivity index (χ4v) is 1.91. The first-order valence-electron chi connectivity index (χ1n) is 6.87. The zero-order valence-corrected chi connectivity index (χ0v) is 11.7. The smallest absolute Gasteiger partial charge is 0.124 e. The molecule has 0 atom stereocenters. The maximum atomic E-state index is 13.3. The Hall–Kier alpha value is -1.88. The van der Waals surface area contributed by atoms with Crippen LogP contribution in [0.25, 0.3) is 0 Å². The average Bonchev–Trinajstić information content (AvgIpc) is 2.95. The Morgan fingerprint density at radius 3 is 3.05 bits per heavy atom. The van der Waals surface area contributed by atoms with Crippen LogP contribution in [-0.4, -0.2) is 22.7 Å². The van der Waals surface area contributed by atoms with Gasteiger partial charge < -0.3 is 14.6 Å². The predicted molar refractivity (Wildman–Crippen MR) is 76.1 cm³/mol. The summed E-state index contributed by atoms with van der Waals surface area (Å²) in [6.07, 6.45) is 6.42. The molecule has 0 amide bonds. The number of imidazole rings is 1. The molecule has 1 aromatic carbocycles. The quantitative estimate of drug-likeness (QED) is 0.754. The lowest BCUT2D eigenvalue weighted by molar-refractivity contribution is 0.294. The SMILES string of the molecule is CCCNCc1cc(F)ccc1OCCn1ccnc1. The van der Waals surface area contributed by atoms with Gasteiger partial charge in [-0.05, 0) is 31.2 Å². The van der Waals surface area contributed by atoms with Crippen LogP contribution in [0.15, 0.2) is 36.9 Å². The number of hydrogen-bond acceptors (Lipinski definition) is 3. The van der Waals surface area contributed by atoms with Gasteiger partial charge in [-0.2, -0.15) is 0 Å². The summed E-state index contributed by atoms with van der Waals surface area (Å²) in [5.41, 5.74) is 0.851. The van der Waals surface area contributed by atoms with Crippen molar-refractivity contribution in [1.82, 2.24) is 14.9 Å². The Morgan fingerprint density at radius 1 is 1.40 bits per heavy atom. The number of nitrogens with zero attached hydrogens (tertiary/aromatic N) is 2. The second-order valence-corrected chi connectivity index (χ2v) is 4.58. The van der Waals surface area contributed by atoms with Gasteiger partial charge in [0.1, 0.15) is 18.2 Å². The molecule has 0 aliphatic rings. The van der Waals surface area contributed by atoms with Gasteiger partial charge in [-0.25, -0.2) is 9.37 Å². The van der Waals surface area contributed by atoms with Crippen molar-refractivity contribution in [2.75, 3.05) is 13.2 Å². The molecular weight excluding hydrogens is 257 g/mol. The number of benzene rings is 1. The number of aromatic nitrogens is 2. The van der Waals surface area contributed by atoms with Gasteiger partial charge in [0.25, 0.3) is 0 Å². The first-order valence-corrected chi connectivity index (χ1v) is 6.87. The van der Waals surface area contributed by atoms with Crippen LogP contribution in [0.1, 0.15) is 18.9 Å². The fourth-order valence-electron chi connectivity index (χ4n) is 1.91. The van der Waals surface area contributed by atoms with E-state index in [1.54, 1.807) is 18.6 Å². The van der Waals surface area contributed by atoms with E-state index in [0.717, 1.165) is 30.8 Å². The maximum absolute atomic E-state index is 13.3. The normalized spacial score (nSPS) is 10.7. The van der Waals surface area contributed by atoms with Gasteiger partial charge in [0.15, 0.2) is 0 Å². The van der Waals surface area contributed by atoms with Gasteiger partial charge in [-0.3, -0.25) is 0 Å². The van der Waals surface area contributed by atoms with Gasteiger partial charge in [0.2, 0.25) is 0 Å². The summed E-state index contributed by atoms with van der Waals surface area (Å²) < 4.78 is 21.0. The molecule has 2 aromatic rings. The van der Waals surface area contributed by atoms with E-state index in [4.69, 9.17) is 4.74 Å². The highest BCUT2D eigenvalue weighted by molar-refractivity contribution is 5.33. The van der Waals surface area contributed by atoms with Crippen LogP contribution in [0.3, 0.4) is 0 Å². The third-order valence-corrected chi connectivity index (χ3v) is 2.93. The van der Waals surface area contributed by atoms with Crippen molar-refractivity contribution in [3.8, 4) is 5.75 Å². The van der Waals surface area contributed by atoms with Gasteiger partial charge in [0.05, 0.1) is 12.9 Å². The summed E-state index contributed by atoms with van der Waals surface area (Å²) in [5, 5.41) is 3.26. The summed E-state index contributed by atoms with van der Waals surface area (Å²) in [6, 6.07) is 4.64. The van der Waals surface area contributed by atoms with Gasteiger partial charge in [0, 0.05) is 24.5 Å². The summed E-state index contributed by atoms with van der Waals surface area (Å²) in [7, 11) is 0. The maximum Gasteiger partial charge on any atom is 0.124 e. The number of ether oxygens (including phenoxy) is 1. The average molecular weight is 277 g/mol. The second-order valence-electron chi connectivity index (χ2n) is 4.58. The first-order chi connectivity index (χ1) is 9.79. The first kappa shape index (κ1) is 14.5. The van der Waals surface area contributed by atoms with E-state index in [1.165, 1.54) is 12.1 Å². The Kier molecular flexibility index (Phi) is 5.55. The molecule has 2 rings (SSSR count). The predicted octanol–water partition coefficient (Wildman–Crippen LogP) is 2.60. The summed E-state index contributed by atoms with van der Waals surface area (Å²) in [5.74, 6) is 0.496. The molecule has 20 heavy (non-hydrogen) atoms. The molecule has 0 aliphatic carbocycles. The number of halogens is 1. The van der Waals surface area contributed by atoms with Gasteiger partial charge >= 0.3 is 0 Å². The minimum absolute atomic E-state index is 0.236. The molecule has 0 aliphatic heterocycles. The molecule has 1 N–H and O–H groups in total. The van der Waals surface area contributed by atoms with Gasteiger partial charge in [-0.1, -0.05) is 6.92 Å². The van der Waals surface area contributed by atoms with Crippen molar-refractivity contribution in [3.05, 3.63) is 48.3 Å². The van der Waals surface area contributed by atoms with E-state index < -0.39 is 0 Å². The molecule has 5 heteroatoms. The van der Waals surface area contributed by atoms with Crippen LogP contribution < -0.4 is 10.1 Å². The summed E-state index contributed by atoms with van der Waals surface area (Å²) >= 11 is 0. The highest BCUT2D eigenvalue weighted by atomic mass is 19.1. The van der Waals surface area contributed by atoms with E-state index in [9.17, 15) is 4.39 Å². The zero-order valence-electron chi connectivity index (χ0n) is 11.7. The molecule has 1 aromatic heterocycles. The van der Waals surface area contributed by atoms with E-state index in [2.05, 4.69) is 17.2 Å². The minimum Gasteiger partial charge on any atom is -0.491 e. The fraction of sp³-hybridized carbons (Fsp3) is 0.400. The Balaban J connectivity index is 1.91. The van der Waals surface area contributed by atoms with Crippen LogP contribution in [0.4, 0.5) is 4.39 Å². The molecule has 0 bridgehead atoms. The molecule has 0 saturated heterocycles. The summed E-state index contributed by atoms with van der Waals surface area (Å²) in [6.45, 7) is 4.88. The lowest BCUT2D eigenvalue weighted by Gasteiger charge is -2.12. The van der Waals surface area contributed by atoms with Crippen molar-refractivity contribution in [1.29, 1.82) is 0 Å². The van der Waals surface area contributed by atoms with Crippen LogP contribution in [0.2, 0.25) is 0 Å². The Bertz CT molecular complexity index is 514. The largest absolute Gasteiger partial charge is 0.491 e. The monoisotopic (exact) mass is 277 g/mol. The van der Waals surface area contributed by atoms with Crippen molar-refractivity contribution in [2.24, 2.45) is 0 Å². The molecule has 0 fully saturated rings. The van der Waals surface area contributed by atoms with E-state index in [-0.39, 0.29) is 5.82 Å². The molecule has 0 spiro atoms. The zero-order chi connectivity index (χ0) is 14.2. The Morgan fingerprint density at radius 2 is 2.30 bits per heavy atom. The standard InChI is InChI=1S/C15H20FN3O/c1-2-5-17-11-13-10-14(16)3-4-15(13)20-9-8-19-7-6-18-12-19/h3-4,6-7,10,12,17H,2,5,8-9,11H2,1H3. The third kappa shape index (κ3) is 4.35. The molecule has 1 heterocycles. The van der Waals surface area contributed by atoms with E-state index >= 15 is 0 Å². The van der Waals surface area contributed by atoms with Gasteiger partial charge in [-0.15, -0.1) is 0 Å². The minimum atomic E-state index is -0.236. The lowest BCUT2D eigenvalue weighted by atomic mass is 10.2. The van der Waals surface area contributed by atoms with Crippen molar-refractivity contribution >= 4 is 0 Å². The number of rotatable bonds is 8.